The summed E-state index contributed by atoms with van der Waals surface area (Å²) < 4.78 is 0. The van der Waals surface area contributed by atoms with Crippen molar-refractivity contribution >= 4 is 17.4 Å². The molecule has 126 valence electrons. The number of carbonyl (C=O) groups excluding carboxylic acids is 2. The van der Waals surface area contributed by atoms with Gasteiger partial charge in [0.05, 0.1) is 0 Å². The van der Waals surface area contributed by atoms with Crippen LogP contribution in [0.1, 0.15) is 48.0 Å². The van der Waals surface area contributed by atoms with Crippen LogP contribution in [0.25, 0.3) is 11.1 Å². The fourth-order valence-corrected chi connectivity index (χ4v) is 5.18. The van der Waals surface area contributed by atoms with Crippen molar-refractivity contribution in [2.24, 2.45) is 17.8 Å². The SMILES string of the molecule is O=C(C[C@H]1C[C@H]2CC[C@@H]1C2)Nc1ccc2c(c1)C(=O)c1ccccc1-2. The Morgan fingerprint density at radius 1 is 0.960 bits per heavy atom. The topological polar surface area (TPSA) is 46.2 Å². The zero-order chi connectivity index (χ0) is 17.0. The minimum absolute atomic E-state index is 0.0507. The van der Waals surface area contributed by atoms with Gasteiger partial charge in [-0.1, -0.05) is 36.8 Å². The fraction of sp³-hybridized carbons (Fsp3) is 0.364. The van der Waals surface area contributed by atoms with Gasteiger partial charge in [0.15, 0.2) is 5.78 Å². The Hall–Kier alpha value is -2.42. The van der Waals surface area contributed by atoms with Gasteiger partial charge >= 0.3 is 0 Å². The highest BCUT2D eigenvalue weighted by atomic mass is 16.1. The summed E-state index contributed by atoms with van der Waals surface area (Å²) in [5, 5.41) is 3.01. The first-order valence-corrected chi connectivity index (χ1v) is 9.27. The third-order valence-electron chi connectivity index (χ3n) is 6.34. The van der Waals surface area contributed by atoms with E-state index in [1.165, 1.54) is 25.7 Å². The van der Waals surface area contributed by atoms with Crippen molar-refractivity contribution in [3.05, 3.63) is 53.6 Å². The Morgan fingerprint density at radius 3 is 2.52 bits per heavy atom. The average Bonchev–Trinajstić information content (AvgIpc) is 3.30. The van der Waals surface area contributed by atoms with Crippen LogP contribution >= 0.6 is 0 Å². The number of fused-ring (bicyclic) bond motifs is 5. The van der Waals surface area contributed by atoms with E-state index in [4.69, 9.17) is 0 Å². The lowest BCUT2D eigenvalue weighted by molar-refractivity contribution is -0.117. The molecule has 3 nitrogen and oxygen atoms in total. The predicted octanol–water partition coefficient (Wildman–Crippen LogP) is 4.66. The zero-order valence-corrected chi connectivity index (χ0v) is 14.1. The summed E-state index contributed by atoms with van der Waals surface area (Å²) in [6.07, 6.45) is 5.82. The van der Waals surface area contributed by atoms with Crippen molar-refractivity contribution in [1.82, 2.24) is 0 Å². The standard InChI is InChI=1S/C22H21NO2/c24-21(11-15-10-13-5-6-14(15)9-13)23-16-7-8-18-17-3-1-2-4-19(17)22(25)20(18)12-16/h1-4,7-8,12-15H,5-6,9-11H2,(H,23,24)/t13-,14+,15+/m0/s1. The van der Waals surface area contributed by atoms with Gasteiger partial charge in [-0.15, -0.1) is 0 Å². The lowest BCUT2D eigenvalue weighted by Crippen LogP contribution is -2.20. The van der Waals surface area contributed by atoms with E-state index in [0.29, 0.717) is 17.9 Å². The number of hydrogen-bond acceptors (Lipinski definition) is 2. The van der Waals surface area contributed by atoms with E-state index in [1.54, 1.807) is 0 Å². The Balaban J connectivity index is 1.33. The Kier molecular flexibility index (Phi) is 3.30. The Bertz CT molecular complexity index is 885. The second-order valence-electron chi connectivity index (χ2n) is 7.82. The highest BCUT2D eigenvalue weighted by Crippen LogP contribution is 2.49. The van der Waals surface area contributed by atoms with E-state index in [0.717, 1.165) is 34.2 Å². The largest absolute Gasteiger partial charge is 0.326 e. The number of amides is 1. The molecule has 5 rings (SSSR count). The van der Waals surface area contributed by atoms with Gasteiger partial charge in [-0.05, 0) is 60.3 Å². The van der Waals surface area contributed by atoms with Gasteiger partial charge in [0.1, 0.15) is 0 Å². The van der Waals surface area contributed by atoms with E-state index in [1.807, 2.05) is 42.5 Å². The lowest BCUT2D eigenvalue weighted by Gasteiger charge is -2.21. The fourth-order valence-electron chi connectivity index (χ4n) is 5.18. The summed E-state index contributed by atoms with van der Waals surface area (Å²) >= 11 is 0. The van der Waals surface area contributed by atoms with Crippen LogP contribution in [0, 0.1) is 17.8 Å². The molecule has 3 aliphatic carbocycles. The number of anilines is 1. The van der Waals surface area contributed by atoms with Crippen LogP contribution in [0.15, 0.2) is 42.5 Å². The lowest BCUT2D eigenvalue weighted by atomic mass is 9.86. The van der Waals surface area contributed by atoms with Crippen molar-refractivity contribution in [2.45, 2.75) is 32.1 Å². The maximum absolute atomic E-state index is 12.6. The number of ketones is 1. The molecule has 1 amide bonds. The van der Waals surface area contributed by atoms with Gasteiger partial charge in [0, 0.05) is 23.2 Å². The summed E-state index contributed by atoms with van der Waals surface area (Å²) in [5.41, 5.74) is 4.13. The van der Waals surface area contributed by atoms with E-state index in [2.05, 4.69) is 5.32 Å². The van der Waals surface area contributed by atoms with Gasteiger partial charge in [-0.25, -0.2) is 0 Å². The molecule has 25 heavy (non-hydrogen) atoms. The van der Waals surface area contributed by atoms with Gasteiger partial charge in [-0.2, -0.15) is 0 Å². The molecule has 0 radical (unpaired) electrons. The maximum atomic E-state index is 12.6. The Morgan fingerprint density at radius 2 is 1.76 bits per heavy atom. The van der Waals surface area contributed by atoms with Crippen molar-refractivity contribution < 1.29 is 9.59 Å². The molecule has 0 spiro atoms. The molecule has 3 atom stereocenters. The quantitative estimate of drug-likeness (QED) is 0.758. The summed E-state index contributed by atoms with van der Waals surface area (Å²) in [6.45, 7) is 0. The van der Waals surface area contributed by atoms with Gasteiger partial charge in [0.25, 0.3) is 0 Å². The monoisotopic (exact) mass is 331 g/mol. The minimum atomic E-state index is 0.0507. The van der Waals surface area contributed by atoms with Crippen molar-refractivity contribution in [1.29, 1.82) is 0 Å². The summed E-state index contributed by atoms with van der Waals surface area (Å²) in [6, 6.07) is 13.4. The first kappa shape index (κ1) is 14.9. The maximum Gasteiger partial charge on any atom is 0.224 e. The van der Waals surface area contributed by atoms with Gasteiger partial charge in [-0.3, -0.25) is 9.59 Å². The molecular weight excluding hydrogens is 310 g/mol. The van der Waals surface area contributed by atoms with Crippen LogP contribution in [0.3, 0.4) is 0 Å². The smallest absolute Gasteiger partial charge is 0.224 e. The van der Waals surface area contributed by atoms with Crippen LogP contribution in [-0.2, 0) is 4.79 Å². The molecule has 0 heterocycles. The van der Waals surface area contributed by atoms with E-state index in [-0.39, 0.29) is 11.7 Å². The number of rotatable bonds is 3. The average molecular weight is 331 g/mol. The zero-order valence-electron chi connectivity index (χ0n) is 14.1. The molecule has 0 unspecified atom stereocenters. The number of benzene rings is 2. The van der Waals surface area contributed by atoms with Crippen LogP contribution in [0.2, 0.25) is 0 Å². The summed E-state index contributed by atoms with van der Waals surface area (Å²) in [7, 11) is 0. The molecule has 2 fully saturated rings. The molecule has 3 heteroatoms. The number of nitrogens with one attached hydrogen (secondary N) is 1. The van der Waals surface area contributed by atoms with E-state index in [9.17, 15) is 9.59 Å². The molecular formula is C22H21NO2. The van der Waals surface area contributed by atoms with Crippen LogP contribution < -0.4 is 5.32 Å². The molecule has 2 saturated carbocycles. The number of carbonyl (C=O) groups is 2. The molecule has 3 aliphatic rings. The molecule has 0 aromatic heterocycles. The first-order chi connectivity index (χ1) is 12.2. The van der Waals surface area contributed by atoms with Crippen molar-refractivity contribution in [2.75, 3.05) is 5.32 Å². The van der Waals surface area contributed by atoms with E-state index < -0.39 is 0 Å². The highest BCUT2D eigenvalue weighted by molar-refractivity contribution is 6.22. The minimum Gasteiger partial charge on any atom is -0.326 e. The predicted molar refractivity (Wildman–Crippen MR) is 97.5 cm³/mol. The molecule has 2 bridgehead atoms. The number of hydrogen-bond donors (Lipinski definition) is 1. The molecule has 1 N–H and O–H groups in total. The van der Waals surface area contributed by atoms with Crippen LogP contribution in [-0.4, -0.2) is 11.7 Å². The molecule has 0 saturated heterocycles. The third kappa shape index (κ3) is 2.41. The third-order valence-corrected chi connectivity index (χ3v) is 6.34. The molecule has 2 aromatic rings. The Labute approximate surface area is 147 Å². The van der Waals surface area contributed by atoms with Crippen LogP contribution in [0.4, 0.5) is 5.69 Å². The summed E-state index contributed by atoms with van der Waals surface area (Å²) in [4.78, 5) is 25.0. The van der Waals surface area contributed by atoms with Crippen molar-refractivity contribution in [3.63, 3.8) is 0 Å². The second kappa shape index (κ2) is 5.55. The summed E-state index contributed by atoms with van der Waals surface area (Å²) in [5.74, 6) is 2.31. The van der Waals surface area contributed by atoms with Crippen LogP contribution in [0.5, 0.6) is 0 Å². The molecule has 2 aromatic carbocycles. The van der Waals surface area contributed by atoms with Gasteiger partial charge in [0.2, 0.25) is 5.91 Å². The normalized spacial score (nSPS) is 25.8. The first-order valence-electron chi connectivity index (χ1n) is 9.27. The van der Waals surface area contributed by atoms with Crippen molar-refractivity contribution in [3.8, 4) is 11.1 Å². The van der Waals surface area contributed by atoms with E-state index >= 15 is 0 Å². The molecule has 0 aliphatic heterocycles. The van der Waals surface area contributed by atoms with Gasteiger partial charge < -0.3 is 5.32 Å². The second-order valence-corrected chi connectivity index (χ2v) is 7.82. The highest BCUT2D eigenvalue weighted by Gasteiger charge is 2.40.